The molecule has 0 saturated carbocycles. The van der Waals surface area contributed by atoms with Gasteiger partial charge in [-0.1, -0.05) is 333 Å². The van der Waals surface area contributed by atoms with Crippen LogP contribution >= 0.6 is 188 Å². The second-order valence-corrected chi connectivity index (χ2v) is 55.0. The second kappa shape index (κ2) is 31.7. The van der Waals surface area contributed by atoms with Crippen LogP contribution in [-0.4, -0.2) is 0 Å². The largest absolute Gasteiger partial charge is 0.112 e. The van der Waals surface area contributed by atoms with Gasteiger partial charge in [0.2, 0.25) is 0 Å². The van der Waals surface area contributed by atoms with Crippen LogP contribution in [0.3, 0.4) is 0 Å². The van der Waals surface area contributed by atoms with Crippen LogP contribution in [0.4, 0.5) is 0 Å². The fraction of sp³-hybridized carbons (Fsp3) is 0.465. The zero-order valence-corrected chi connectivity index (χ0v) is 77.5. The van der Waals surface area contributed by atoms with Gasteiger partial charge in [0.05, 0.1) is 50.8 Å². The van der Waals surface area contributed by atoms with Crippen molar-refractivity contribution in [1.82, 2.24) is 0 Å². The van der Waals surface area contributed by atoms with E-state index in [1.54, 1.807) is 0 Å². The molecule has 6 aromatic rings. The molecule has 16 heteroatoms. The van der Waals surface area contributed by atoms with Crippen LogP contribution in [0.2, 0.25) is 0 Å². The average Bonchev–Trinajstić information content (AvgIpc) is 1.23. The number of thioether (sulfide) groups is 16. The maximum Gasteiger partial charge on any atom is 0.0717 e. The standard InChI is InChI=1S/C86H104S16/c1-79(2,3)59-25-49(26-60(37-59)80(4,5)6)41-87-67-68(88-42-50-27-61(81(7,8)9)38-62(28-50)82(10,11)12)96-75(95-67)77-99-71-72(100-77)92-46-56-34-54-36-58-48-94-74-73(93-47-57(58)35-53(54)33-55(56)45-91-71)101-78(102-74)76-97-69(89-43-51-29-63(83(13,14)15)39-64(30-51)84(16,17)18)70(98-76)90-44-52-31-65(85(19,20)21)40-66(32-52)86(22,23)24/h25-40H,41-48H2,1-24H3. The van der Waals surface area contributed by atoms with Gasteiger partial charge >= 0.3 is 0 Å². The molecule has 0 amide bonds. The lowest BCUT2D eigenvalue weighted by Crippen LogP contribution is -2.17. The van der Waals surface area contributed by atoms with E-state index >= 15 is 0 Å². The molecule has 6 aliphatic heterocycles. The summed E-state index contributed by atoms with van der Waals surface area (Å²) in [5.41, 5.74) is 23.7. The second-order valence-electron chi connectivity index (χ2n) is 35.8. The SMILES string of the molecule is CC(C)(C)c1cc(CSC2=C(SCc3cc(C(C)(C)C)cc(C(C)(C)C)c3)SC(=C3SC4=C(SCc5cc6cc7c(cc6cc5CS4)CSC4=C(SC7)SC(=C5SC(SCc6cc(C(C)(C)C)cc(C(C)(C)C)c6)=C(SCc6cc(C(C)(C)C)cc(C(C)(C)C)c6)S5)S4)S3)S2)cc(C(C)(C)C)c1. The molecule has 544 valence electrons. The lowest BCUT2D eigenvalue weighted by molar-refractivity contribution is 0.567. The van der Waals surface area contributed by atoms with Gasteiger partial charge in [-0.15, -0.1) is 94.1 Å². The first-order chi connectivity index (χ1) is 47.4. The van der Waals surface area contributed by atoms with E-state index in [-0.39, 0.29) is 43.3 Å². The molecular formula is C86H104S16. The molecule has 0 bridgehead atoms. The quantitative estimate of drug-likeness (QED) is 0.114. The van der Waals surface area contributed by atoms with Crippen LogP contribution in [-0.2, 0) is 89.3 Å². The maximum absolute atomic E-state index is 2.56. The molecule has 0 unspecified atom stereocenters. The summed E-state index contributed by atoms with van der Waals surface area (Å²) in [6, 6.07) is 40.0. The molecule has 0 N–H and O–H groups in total. The normalized spacial score (nSPS) is 17.8. The fourth-order valence-corrected chi connectivity index (χ4v) is 35.7. The number of hydrogen-bond acceptors (Lipinski definition) is 16. The monoisotopic (exact) mass is 1650 g/mol. The first-order valence-electron chi connectivity index (χ1n) is 35.5. The summed E-state index contributed by atoms with van der Waals surface area (Å²) in [5, 5.41) is 2.78. The van der Waals surface area contributed by atoms with Gasteiger partial charge in [0.25, 0.3) is 0 Å². The third-order valence-corrected chi connectivity index (χ3v) is 42.4. The van der Waals surface area contributed by atoms with E-state index in [9.17, 15) is 0 Å². The molecule has 0 atom stereocenters. The van der Waals surface area contributed by atoms with Gasteiger partial charge in [-0.2, -0.15) is 0 Å². The third-order valence-electron chi connectivity index (χ3n) is 18.8. The Kier molecular flexibility index (Phi) is 25.2. The van der Waals surface area contributed by atoms with Crippen molar-refractivity contribution in [3.8, 4) is 0 Å². The van der Waals surface area contributed by atoms with E-state index in [0.29, 0.717) is 0 Å². The Hall–Kier alpha value is -0.380. The third kappa shape index (κ3) is 20.1. The highest BCUT2D eigenvalue weighted by Gasteiger charge is 2.36. The van der Waals surface area contributed by atoms with Crippen molar-refractivity contribution >= 4 is 199 Å². The highest BCUT2D eigenvalue weighted by Crippen LogP contribution is 2.69. The summed E-state index contributed by atoms with van der Waals surface area (Å²) < 4.78 is 17.6. The van der Waals surface area contributed by atoms with Gasteiger partial charge in [-0.25, -0.2) is 0 Å². The van der Waals surface area contributed by atoms with Crippen LogP contribution in [0.5, 0.6) is 0 Å². The van der Waals surface area contributed by atoms with Crippen molar-refractivity contribution in [2.24, 2.45) is 0 Å². The molecule has 0 aliphatic carbocycles. The molecule has 6 heterocycles. The van der Waals surface area contributed by atoms with Crippen molar-refractivity contribution in [3.05, 3.63) is 237 Å². The molecule has 0 fully saturated rings. The van der Waals surface area contributed by atoms with Gasteiger partial charge in [0.1, 0.15) is 0 Å². The van der Waals surface area contributed by atoms with Crippen LogP contribution in [0, 0.1) is 0 Å². The van der Waals surface area contributed by atoms with Crippen LogP contribution in [0.25, 0.3) is 10.8 Å². The first kappa shape index (κ1) is 81.1. The summed E-state index contributed by atoms with van der Waals surface area (Å²) in [5.74, 6) is 7.82. The van der Waals surface area contributed by atoms with E-state index in [4.69, 9.17) is 0 Å². The Bertz CT molecular complexity index is 3790. The Morgan fingerprint density at radius 2 is 0.382 bits per heavy atom. The zero-order valence-electron chi connectivity index (χ0n) is 64.4. The Balaban J connectivity index is 0.742. The smallest absolute Gasteiger partial charge is 0.0717 e. The highest BCUT2D eigenvalue weighted by molar-refractivity contribution is 8.46. The molecule has 12 rings (SSSR count). The lowest BCUT2D eigenvalue weighted by Gasteiger charge is -2.26. The summed E-state index contributed by atoms with van der Waals surface area (Å²) in [6.07, 6.45) is 0. The van der Waals surface area contributed by atoms with Gasteiger partial charge in [0.15, 0.2) is 0 Å². The molecule has 6 aromatic carbocycles. The predicted octanol–water partition coefficient (Wildman–Crippen LogP) is 32.6. The van der Waals surface area contributed by atoms with E-state index < -0.39 is 0 Å². The van der Waals surface area contributed by atoms with Crippen LogP contribution in [0.1, 0.15) is 255 Å². The van der Waals surface area contributed by atoms with E-state index in [1.807, 2.05) is 94.1 Å². The minimum atomic E-state index is 0.0796. The lowest BCUT2D eigenvalue weighted by atomic mass is 9.80. The van der Waals surface area contributed by atoms with Gasteiger partial charge in [0, 0.05) is 46.0 Å². The molecule has 102 heavy (non-hydrogen) atoms. The predicted molar refractivity (Wildman–Crippen MR) is 493 cm³/mol. The van der Waals surface area contributed by atoms with Crippen molar-refractivity contribution in [3.63, 3.8) is 0 Å². The minimum absolute atomic E-state index is 0.0796. The molecule has 6 aliphatic rings. The molecule has 0 aromatic heterocycles. The van der Waals surface area contributed by atoms with Gasteiger partial charge in [-0.05, 0) is 167 Å². The van der Waals surface area contributed by atoms with Crippen LogP contribution < -0.4 is 0 Å². The van der Waals surface area contributed by atoms with Crippen LogP contribution in [0.15, 0.2) is 148 Å². The van der Waals surface area contributed by atoms with E-state index in [2.05, 4.69) is 357 Å². The zero-order chi connectivity index (χ0) is 73.6. The average molecular weight is 1650 g/mol. The topological polar surface area (TPSA) is 0 Å². The molecule has 0 nitrogen and oxygen atoms in total. The summed E-state index contributed by atoms with van der Waals surface area (Å²) >= 11 is 32.8. The molecule has 0 radical (unpaired) electrons. The number of rotatable bonds is 12. The molecule has 0 saturated heterocycles. The first-order valence-corrected chi connectivity index (χ1v) is 49.9. The van der Waals surface area contributed by atoms with Crippen molar-refractivity contribution in [2.45, 2.75) is 256 Å². The van der Waals surface area contributed by atoms with Crippen molar-refractivity contribution in [2.75, 3.05) is 0 Å². The van der Waals surface area contributed by atoms with Crippen molar-refractivity contribution < 1.29 is 0 Å². The highest BCUT2D eigenvalue weighted by atomic mass is 32.3. The number of benzene rings is 6. The summed E-state index contributed by atoms with van der Waals surface area (Å²) in [4.78, 5) is 0. The van der Waals surface area contributed by atoms with Gasteiger partial charge < -0.3 is 0 Å². The number of fused-ring (bicyclic) bond motifs is 3. The van der Waals surface area contributed by atoms with Crippen molar-refractivity contribution in [1.29, 1.82) is 0 Å². The maximum atomic E-state index is 2.56. The molecular weight excluding hydrogens is 1550 g/mol. The summed E-state index contributed by atoms with van der Waals surface area (Å²) in [6.45, 7) is 56.6. The Morgan fingerprint density at radius 1 is 0.216 bits per heavy atom. The summed E-state index contributed by atoms with van der Waals surface area (Å²) in [7, 11) is 0. The van der Waals surface area contributed by atoms with E-state index in [1.165, 1.54) is 151 Å². The van der Waals surface area contributed by atoms with E-state index in [0.717, 1.165) is 46.0 Å². The Morgan fingerprint density at radius 3 is 0.549 bits per heavy atom. The Labute approximate surface area is 683 Å². The van der Waals surface area contributed by atoms with Gasteiger partial charge in [-0.3, -0.25) is 0 Å². The minimum Gasteiger partial charge on any atom is -0.112 e. The fourth-order valence-electron chi connectivity index (χ4n) is 11.9. The molecule has 0 spiro atoms. The number of hydrogen-bond donors (Lipinski definition) is 0.